The van der Waals surface area contributed by atoms with Gasteiger partial charge in [0.25, 0.3) is 0 Å². The summed E-state index contributed by atoms with van der Waals surface area (Å²) in [5.41, 5.74) is 5.78. The summed E-state index contributed by atoms with van der Waals surface area (Å²) in [6.45, 7) is 7.02. The van der Waals surface area contributed by atoms with E-state index in [1.54, 1.807) is 5.20 Å². The Morgan fingerprint density at radius 2 is 1.47 bits per heavy atom. The van der Waals surface area contributed by atoms with Crippen LogP contribution >= 0.6 is 0 Å². The first-order chi connectivity index (χ1) is 9.18. The summed E-state index contributed by atoms with van der Waals surface area (Å²) in [6, 6.07) is 17.7. The molecule has 1 heteroatoms. The van der Waals surface area contributed by atoms with Crippen LogP contribution in [-0.4, -0.2) is 8.80 Å². The highest BCUT2D eigenvalue weighted by Crippen LogP contribution is 2.42. The fraction of sp³-hybridized carbons (Fsp3) is 0.222. The molecule has 0 bridgehead atoms. The summed E-state index contributed by atoms with van der Waals surface area (Å²) in [5.74, 6) is 0.487. The Morgan fingerprint density at radius 1 is 0.842 bits per heavy atom. The van der Waals surface area contributed by atoms with E-state index in [-0.39, 0.29) is 0 Å². The van der Waals surface area contributed by atoms with Crippen LogP contribution in [0, 0.1) is 6.92 Å². The number of fused-ring (bicyclic) bond motifs is 1. The molecule has 0 aliphatic heterocycles. The van der Waals surface area contributed by atoms with E-state index in [9.17, 15) is 0 Å². The second-order valence-electron chi connectivity index (χ2n) is 5.52. The van der Waals surface area contributed by atoms with Gasteiger partial charge < -0.3 is 0 Å². The Labute approximate surface area is 117 Å². The van der Waals surface area contributed by atoms with Gasteiger partial charge in [0, 0.05) is 5.92 Å². The molecule has 0 saturated heterocycles. The standard InChI is InChI=1S/C18H19Si/c1-13-8-4-6-10-15(13)18-16-11-7-5-9-14(16)12-17(18)19(2)3/h4-12,18H,1-3H3. The highest BCUT2D eigenvalue weighted by molar-refractivity contribution is 6.65. The van der Waals surface area contributed by atoms with Crippen molar-refractivity contribution in [3.63, 3.8) is 0 Å². The summed E-state index contributed by atoms with van der Waals surface area (Å²) in [6.07, 6.45) is 2.43. The fourth-order valence-corrected chi connectivity index (χ4v) is 4.33. The lowest BCUT2D eigenvalue weighted by Gasteiger charge is -2.21. The van der Waals surface area contributed by atoms with Gasteiger partial charge in [0.05, 0.1) is 8.80 Å². The average Bonchev–Trinajstić information content (AvgIpc) is 2.79. The quantitative estimate of drug-likeness (QED) is 0.682. The van der Waals surface area contributed by atoms with Crippen molar-refractivity contribution in [2.24, 2.45) is 0 Å². The molecule has 0 saturated carbocycles. The van der Waals surface area contributed by atoms with Crippen molar-refractivity contribution < 1.29 is 0 Å². The number of aryl methyl sites for hydroxylation is 1. The van der Waals surface area contributed by atoms with E-state index in [1.165, 1.54) is 22.3 Å². The van der Waals surface area contributed by atoms with E-state index >= 15 is 0 Å². The highest BCUT2D eigenvalue weighted by Gasteiger charge is 2.29. The van der Waals surface area contributed by atoms with Crippen molar-refractivity contribution in [2.45, 2.75) is 25.9 Å². The van der Waals surface area contributed by atoms with Gasteiger partial charge in [0.2, 0.25) is 0 Å². The zero-order valence-corrected chi connectivity index (χ0v) is 12.8. The fourth-order valence-electron chi connectivity index (χ4n) is 3.00. The maximum atomic E-state index is 2.43. The number of allylic oxidation sites excluding steroid dienone is 1. The van der Waals surface area contributed by atoms with E-state index in [0.717, 1.165) is 0 Å². The minimum atomic E-state index is -0.429. The monoisotopic (exact) mass is 263 g/mol. The number of rotatable bonds is 2. The van der Waals surface area contributed by atoms with E-state index in [1.807, 2.05) is 0 Å². The van der Waals surface area contributed by atoms with Gasteiger partial charge in [-0.15, -0.1) is 0 Å². The van der Waals surface area contributed by atoms with Gasteiger partial charge in [-0.25, -0.2) is 0 Å². The van der Waals surface area contributed by atoms with Crippen LogP contribution in [-0.2, 0) is 0 Å². The van der Waals surface area contributed by atoms with E-state index < -0.39 is 8.80 Å². The third-order valence-electron chi connectivity index (χ3n) is 4.01. The van der Waals surface area contributed by atoms with Gasteiger partial charge in [0.15, 0.2) is 0 Å². The molecule has 0 N–H and O–H groups in total. The normalized spacial score (nSPS) is 17.5. The minimum Gasteiger partial charge on any atom is -0.0709 e. The van der Waals surface area contributed by atoms with Gasteiger partial charge in [-0.05, 0) is 29.2 Å². The summed E-state index contributed by atoms with van der Waals surface area (Å²) < 4.78 is 0. The molecule has 1 atom stereocenters. The lowest BCUT2D eigenvalue weighted by Crippen LogP contribution is -2.13. The van der Waals surface area contributed by atoms with Crippen LogP contribution in [0.1, 0.15) is 28.2 Å². The van der Waals surface area contributed by atoms with Crippen molar-refractivity contribution >= 4 is 14.9 Å². The molecule has 1 radical (unpaired) electrons. The summed E-state index contributed by atoms with van der Waals surface area (Å²) >= 11 is 0. The molecular formula is C18H19Si. The molecule has 2 aromatic rings. The molecule has 0 amide bonds. The third-order valence-corrected chi connectivity index (χ3v) is 5.59. The van der Waals surface area contributed by atoms with Crippen molar-refractivity contribution in [3.05, 3.63) is 76.0 Å². The van der Waals surface area contributed by atoms with Crippen LogP contribution in [0.25, 0.3) is 6.08 Å². The predicted octanol–water partition coefficient (Wildman–Crippen LogP) is 4.82. The van der Waals surface area contributed by atoms with Crippen molar-refractivity contribution in [2.75, 3.05) is 0 Å². The predicted molar refractivity (Wildman–Crippen MR) is 84.9 cm³/mol. The maximum absolute atomic E-state index is 2.43. The molecule has 1 unspecified atom stereocenters. The molecule has 2 aromatic carbocycles. The lowest BCUT2D eigenvalue weighted by molar-refractivity contribution is 1.00. The van der Waals surface area contributed by atoms with Crippen LogP contribution in [0.3, 0.4) is 0 Å². The van der Waals surface area contributed by atoms with Crippen LogP contribution in [0.5, 0.6) is 0 Å². The number of benzene rings is 2. The summed E-state index contributed by atoms with van der Waals surface area (Å²) in [5, 5.41) is 1.64. The second kappa shape index (κ2) is 4.82. The summed E-state index contributed by atoms with van der Waals surface area (Å²) in [4.78, 5) is 0. The molecule has 0 heterocycles. The molecule has 0 aromatic heterocycles. The smallest absolute Gasteiger partial charge is 0.0709 e. The Balaban J connectivity index is 2.18. The third kappa shape index (κ3) is 2.08. The topological polar surface area (TPSA) is 0 Å². The molecule has 0 nitrogen and oxygen atoms in total. The van der Waals surface area contributed by atoms with Crippen molar-refractivity contribution in [1.82, 2.24) is 0 Å². The van der Waals surface area contributed by atoms with Crippen LogP contribution in [0.2, 0.25) is 13.1 Å². The van der Waals surface area contributed by atoms with Crippen molar-refractivity contribution in [1.29, 1.82) is 0 Å². The molecule has 19 heavy (non-hydrogen) atoms. The average molecular weight is 263 g/mol. The van der Waals surface area contributed by atoms with Gasteiger partial charge in [-0.1, -0.05) is 72.9 Å². The van der Waals surface area contributed by atoms with Gasteiger partial charge >= 0.3 is 0 Å². The van der Waals surface area contributed by atoms with Gasteiger partial charge in [-0.2, -0.15) is 0 Å². The lowest BCUT2D eigenvalue weighted by atomic mass is 9.90. The maximum Gasteiger partial charge on any atom is 0.0750 e. The first kappa shape index (κ1) is 12.4. The highest BCUT2D eigenvalue weighted by atomic mass is 28.3. The molecule has 95 valence electrons. The molecule has 1 aliphatic rings. The zero-order chi connectivity index (χ0) is 13.4. The SMILES string of the molecule is Cc1ccccc1C1C([Si](C)C)=Cc2ccccc21. The molecular weight excluding hydrogens is 244 g/mol. The summed E-state index contributed by atoms with van der Waals surface area (Å²) in [7, 11) is -0.429. The Morgan fingerprint density at radius 3 is 2.16 bits per heavy atom. The Bertz CT molecular complexity index is 638. The van der Waals surface area contributed by atoms with Crippen molar-refractivity contribution in [3.8, 4) is 0 Å². The van der Waals surface area contributed by atoms with Gasteiger partial charge in [0.1, 0.15) is 0 Å². The van der Waals surface area contributed by atoms with E-state index in [2.05, 4.69) is 74.6 Å². The molecule has 0 fully saturated rings. The van der Waals surface area contributed by atoms with Crippen LogP contribution in [0.4, 0.5) is 0 Å². The number of hydrogen-bond acceptors (Lipinski definition) is 0. The Hall–Kier alpha value is -1.60. The second-order valence-corrected chi connectivity index (χ2v) is 8.10. The zero-order valence-electron chi connectivity index (χ0n) is 11.8. The van der Waals surface area contributed by atoms with E-state index in [4.69, 9.17) is 0 Å². The number of hydrogen-bond donors (Lipinski definition) is 0. The molecule has 3 rings (SSSR count). The van der Waals surface area contributed by atoms with Crippen LogP contribution in [0.15, 0.2) is 53.7 Å². The first-order valence-electron chi connectivity index (χ1n) is 6.85. The van der Waals surface area contributed by atoms with Crippen LogP contribution < -0.4 is 0 Å². The van der Waals surface area contributed by atoms with E-state index in [0.29, 0.717) is 5.92 Å². The van der Waals surface area contributed by atoms with Gasteiger partial charge in [-0.3, -0.25) is 0 Å². The first-order valence-corrected chi connectivity index (χ1v) is 9.35. The minimum absolute atomic E-state index is 0.429. The Kier molecular flexibility index (Phi) is 3.15. The molecule has 0 spiro atoms. The molecule has 1 aliphatic carbocycles. The largest absolute Gasteiger partial charge is 0.0750 e.